The fourth-order valence-electron chi connectivity index (χ4n) is 2.52. The summed E-state index contributed by atoms with van der Waals surface area (Å²) in [5.74, 6) is -0.00719. The van der Waals surface area contributed by atoms with Crippen LogP contribution in [0, 0.1) is 12.8 Å². The summed E-state index contributed by atoms with van der Waals surface area (Å²) < 4.78 is 0. The summed E-state index contributed by atoms with van der Waals surface area (Å²) in [5, 5.41) is 8.97. The number of carbonyl (C=O) groups is 2. The SMILES string of the molecule is CCNC(=O)c1ccc(NC(=O)[C@@H]2CCCNC2)c(C)c1.Cl. The van der Waals surface area contributed by atoms with Crippen LogP contribution < -0.4 is 16.0 Å². The van der Waals surface area contributed by atoms with E-state index in [0.717, 1.165) is 37.2 Å². The van der Waals surface area contributed by atoms with Crippen molar-refractivity contribution in [3.8, 4) is 0 Å². The van der Waals surface area contributed by atoms with Gasteiger partial charge in [0.25, 0.3) is 5.91 Å². The first kappa shape index (κ1) is 18.5. The molecule has 1 aromatic rings. The molecule has 1 aliphatic rings. The van der Waals surface area contributed by atoms with Gasteiger partial charge in [-0.2, -0.15) is 0 Å². The van der Waals surface area contributed by atoms with Crippen LogP contribution in [0.15, 0.2) is 18.2 Å². The van der Waals surface area contributed by atoms with Gasteiger partial charge in [0.1, 0.15) is 0 Å². The molecule has 0 bridgehead atoms. The molecule has 2 amide bonds. The van der Waals surface area contributed by atoms with Gasteiger partial charge in [0, 0.05) is 24.3 Å². The van der Waals surface area contributed by atoms with Crippen molar-refractivity contribution in [3.05, 3.63) is 29.3 Å². The van der Waals surface area contributed by atoms with Gasteiger partial charge in [-0.1, -0.05) is 0 Å². The molecule has 3 N–H and O–H groups in total. The van der Waals surface area contributed by atoms with Crippen molar-refractivity contribution in [2.45, 2.75) is 26.7 Å². The van der Waals surface area contributed by atoms with Crippen molar-refractivity contribution in [2.24, 2.45) is 5.92 Å². The molecular formula is C16H24ClN3O2. The van der Waals surface area contributed by atoms with Crippen LogP contribution in [0.4, 0.5) is 5.69 Å². The zero-order valence-electron chi connectivity index (χ0n) is 13.1. The van der Waals surface area contributed by atoms with Crippen molar-refractivity contribution < 1.29 is 9.59 Å². The monoisotopic (exact) mass is 325 g/mol. The van der Waals surface area contributed by atoms with Gasteiger partial charge in [-0.3, -0.25) is 9.59 Å². The molecule has 5 nitrogen and oxygen atoms in total. The highest BCUT2D eigenvalue weighted by molar-refractivity contribution is 5.97. The minimum atomic E-state index is -0.0880. The maximum atomic E-state index is 12.2. The van der Waals surface area contributed by atoms with Gasteiger partial charge in [0.2, 0.25) is 5.91 Å². The summed E-state index contributed by atoms with van der Waals surface area (Å²) in [6.45, 7) is 6.12. The minimum absolute atomic E-state index is 0. The van der Waals surface area contributed by atoms with Gasteiger partial charge < -0.3 is 16.0 Å². The van der Waals surface area contributed by atoms with Gasteiger partial charge in [0.15, 0.2) is 0 Å². The molecular weight excluding hydrogens is 302 g/mol. The van der Waals surface area contributed by atoms with Crippen molar-refractivity contribution in [3.63, 3.8) is 0 Å². The van der Waals surface area contributed by atoms with Crippen LogP contribution in [0.5, 0.6) is 0 Å². The lowest BCUT2D eigenvalue weighted by Crippen LogP contribution is -2.37. The summed E-state index contributed by atoms with van der Waals surface area (Å²) in [6, 6.07) is 5.35. The number of halogens is 1. The Bertz CT molecular complexity index is 528. The van der Waals surface area contributed by atoms with Gasteiger partial charge in [-0.15, -0.1) is 12.4 Å². The maximum absolute atomic E-state index is 12.2. The van der Waals surface area contributed by atoms with E-state index < -0.39 is 0 Å². The molecule has 1 fully saturated rings. The Morgan fingerprint density at radius 3 is 2.73 bits per heavy atom. The number of hydrogen-bond acceptors (Lipinski definition) is 3. The zero-order valence-corrected chi connectivity index (χ0v) is 13.9. The lowest BCUT2D eigenvalue weighted by molar-refractivity contribution is -0.120. The molecule has 2 rings (SSSR count). The number of rotatable bonds is 4. The second kappa shape index (κ2) is 8.76. The molecule has 122 valence electrons. The third-order valence-corrected chi connectivity index (χ3v) is 3.75. The summed E-state index contributed by atoms with van der Waals surface area (Å²) in [7, 11) is 0. The highest BCUT2D eigenvalue weighted by Crippen LogP contribution is 2.19. The fourth-order valence-corrected chi connectivity index (χ4v) is 2.52. The Hall–Kier alpha value is -1.59. The van der Waals surface area contributed by atoms with Gasteiger partial charge in [-0.05, 0) is 57.0 Å². The van der Waals surface area contributed by atoms with E-state index in [1.807, 2.05) is 13.8 Å². The minimum Gasteiger partial charge on any atom is -0.352 e. The summed E-state index contributed by atoms with van der Waals surface area (Å²) >= 11 is 0. The van der Waals surface area contributed by atoms with Crippen molar-refractivity contribution in [1.82, 2.24) is 10.6 Å². The number of carbonyl (C=O) groups excluding carboxylic acids is 2. The number of hydrogen-bond donors (Lipinski definition) is 3. The van der Waals surface area contributed by atoms with E-state index in [9.17, 15) is 9.59 Å². The first-order chi connectivity index (χ1) is 10.1. The maximum Gasteiger partial charge on any atom is 0.251 e. The molecule has 0 aliphatic carbocycles. The number of nitrogens with one attached hydrogen (secondary N) is 3. The van der Waals surface area contributed by atoms with E-state index in [-0.39, 0.29) is 30.1 Å². The number of anilines is 1. The lowest BCUT2D eigenvalue weighted by atomic mass is 9.98. The molecule has 0 radical (unpaired) electrons. The zero-order chi connectivity index (χ0) is 15.2. The molecule has 0 spiro atoms. The second-order valence-electron chi connectivity index (χ2n) is 5.42. The average molecular weight is 326 g/mol. The first-order valence-electron chi connectivity index (χ1n) is 7.52. The average Bonchev–Trinajstić information content (AvgIpc) is 2.50. The van der Waals surface area contributed by atoms with E-state index in [4.69, 9.17) is 0 Å². The van der Waals surface area contributed by atoms with Crippen LogP contribution in [0.3, 0.4) is 0 Å². The molecule has 6 heteroatoms. The number of aryl methyl sites for hydroxylation is 1. The third kappa shape index (κ3) is 4.71. The first-order valence-corrected chi connectivity index (χ1v) is 7.52. The van der Waals surface area contributed by atoms with Gasteiger partial charge >= 0.3 is 0 Å². The quantitative estimate of drug-likeness (QED) is 0.794. The molecule has 1 aliphatic heterocycles. The van der Waals surface area contributed by atoms with E-state index in [2.05, 4.69) is 16.0 Å². The standard InChI is InChI=1S/C16H23N3O2.ClH/c1-3-18-15(20)12-6-7-14(11(2)9-12)19-16(21)13-5-4-8-17-10-13;/h6-7,9,13,17H,3-5,8,10H2,1-2H3,(H,18,20)(H,19,21);1H/t13-;/m1./s1. The fraction of sp³-hybridized carbons (Fsp3) is 0.500. The largest absolute Gasteiger partial charge is 0.352 e. The van der Waals surface area contributed by atoms with Crippen LogP contribution in [-0.2, 0) is 4.79 Å². The highest BCUT2D eigenvalue weighted by atomic mass is 35.5. The van der Waals surface area contributed by atoms with Crippen molar-refractivity contribution in [2.75, 3.05) is 25.0 Å². The predicted molar refractivity (Wildman–Crippen MR) is 90.7 cm³/mol. The van der Waals surface area contributed by atoms with Crippen LogP contribution in [-0.4, -0.2) is 31.4 Å². The number of benzene rings is 1. The van der Waals surface area contributed by atoms with Crippen LogP contribution in [0.2, 0.25) is 0 Å². The molecule has 1 saturated heterocycles. The smallest absolute Gasteiger partial charge is 0.251 e. The molecule has 1 atom stereocenters. The highest BCUT2D eigenvalue weighted by Gasteiger charge is 2.21. The summed E-state index contributed by atoms with van der Waals surface area (Å²) in [6.07, 6.45) is 1.96. The molecule has 22 heavy (non-hydrogen) atoms. The lowest BCUT2D eigenvalue weighted by Gasteiger charge is -2.22. The molecule has 0 saturated carbocycles. The molecule has 0 aromatic heterocycles. The topological polar surface area (TPSA) is 70.2 Å². The summed E-state index contributed by atoms with van der Waals surface area (Å²) in [4.78, 5) is 24.0. The Morgan fingerprint density at radius 2 is 2.14 bits per heavy atom. The van der Waals surface area contributed by atoms with E-state index in [0.29, 0.717) is 12.1 Å². The van der Waals surface area contributed by atoms with Crippen molar-refractivity contribution in [1.29, 1.82) is 0 Å². The van der Waals surface area contributed by atoms with Gasteiger partial charge in [-0.25, -0.2) is 0 Å². The second-order valence-corrected chi connectivity index (χ2v) is 5.42. The van der Waals surface area contributed by atoms with Crippen LogP contribution in [0.1, 0.15) is 35.7 Å². The Balaban J connectivity index is 0.00000242. The number of piperidine rings is 1. The van der Waals surface area contributed by atoms with Gasteiger partial charge in [0.05, 0.1) is 5.92 Å². The van der Waals surface area contributed by atoms with Crippen molar-refractivity contribution >= 4 is 29.9 Å². The van der Waals surface area contributed by atoms with Crippen LogP contribution >= 0.6 is 12.4 Å². The Labute approximate surface area is 137 Å². The Morgan fingerprint density at radius 1 is 1.36 bits per heavy atom. The van der Waals surface area contributed by atoms with E-state index >= 15 is 0 Å². The van der Waals surface area contributed by atoms with E-state index in [1.165, 1.54) is 0 Å². The number of amides is 2. The molecule has 1 heterocycles. The Kier molecular flexibility index (Phi) is 7.35. The molecule has 1 aromatic carbocycles. The third-order valence-electron chi connectivity index (χ3n) is 3.75. The normalized spacial score (nSPS) is 17.3. The van der Waals surface area contributed by atoms with Crippen LogP contribution in [0.25, 0.3) is 0 Å². The van der Waals surface area contributed by atoms with E-state index in [1.54, 1.807) is 18.2 Å². The summed E-state index contributed by atoms with van der Waals surface area (Å²) in [5.41, 5.74) is 2.29. The predicted octanol–water partition coefficient (Wildman–Crippen LogP) is 2.10. The molecule has 0 unspecified atom stereocenters.